The first-order chi connectivity index (χ1) is 15.0. The van der Waals surface area contributed by atoms with Gasteiger partial charge in [-0.1, -0.05) is 6.42 Å². The number of hydrogen-bond donors (Lipinski definition) is 0. The van der Waals surface area contributed by atoms with E-state index in [1.165, 1.54) is 0 Å². The fourth-order valence-electron chi connectivity index (χ4n) is 4.75. The fourth-order valence-corrected chi connectivity index (χ4v) is 4.75. The molecule has 3 saturated heterocycles. The summed E-state index contributed by atoms with van der Waals surface area (Å²) in [5.74, 6) is 0.106. The zero-order valence-electron chi connectivity index (χ0n) is 18.5. The summed E-state index contributed by atoms with van der Waals surface area (Å²) in [4.78, 5) is 50.3. The molecule has 4 heterocycles. The molecule has 3 aliphatic rings. The number of rotatable bonds is 4. The van der Waals surface area contributed by atoms with E-state index in [-0.39, 0.29) is 30.3 Å². The molecule has 0 N–H and O–H groups in total. The number of aromatic nitrogens is 1. The predicted molar refractivity (Wildman–Crippen MR) is 116 cm³/mol. The van der Waals surface area contributed by atoms with Crippen LogP contribution >= 0.6 is 0 Å². The monoisotopic (exact) mass is 427 g/mol. The largest absolute Gasteiger partial charge is 0.336 e. The molecule has 3 amide bonds. The first-order valence-electron chi connectivity index (χ1n) is 11.5. The zero-order chi connectivity index (χ0) is 21.8. The Labute approximate surface area is 184 Å². The molecule has 1 aromatic heterocycles. The van der Waals surface area contributed by atoms with E-state index in [4.69, 9.17) is 0 Å². The van der Waals surface area contributed by atoms with E-state index in [1.807, 2.05) is 21.9 Å². The van der Waals surface area contributed by atoms with Crippen LogP contribution in [0.2, 0.25) is 0 Å². The summed E-state index contributed by atoms with van der Waals surface area (Å²) in [6.45, 7) is 4.76. The molecule has 4 rings (SSSR count). The van der Waals surface area contributed by atoms with Crippen LogP contribution in [0.3, 0.4) is 0 Å². The van der Waals surface area contributed by atoms with Gasteiger partial charge in [-0.05, 0) is 44.9 Å². The average molecular weight is 428 g/mol. The molecule has 0 aliphatic carbocycles. The van der Waals surface area contributed by atoms with Crippen molar-refractivity contribution in [1.82, 2.24) is 24.6 Å². The highest BCUT2D eigenvalue weighted by atomic mass is 16.2. The molecule has 0 saturated carbocycles. The third-order valence-corrected chi connectivity index (χ3v) is 6.74. The fraction of sp³-hybridized carbons (Fsp3) is 0.652. The summed E-state index contributed by atoms with van der Waals surface area (Å²) in [6, 6.07) is 3.64. The van der Waals surface area contributed by atoms with Gasteiger partial charge in [-0.25, -0.2) is 0 Å². The van der Waals surface area contributed by atoms with Gasteiger partial charge < -0.3 is 19.6 Å². The lowest BCUT2D eigenvalue weighted by molar-refractivity contribution is -0.140. The van der Waals surface area contributed by atoms with Gasteiger partial charge in [0.15, 0.2) is 0 Å². The molecule has 31 heavy (non-hydrogen) atoms. The van der Waals surface area contributed by atoms with E-state index in [0.717, 1.165) is 64.0 Å². The lowest BCUT2D eigenvalue weighted by Gasteiger charge is -2.32. The summed E-state index contributed by atoms with van der Waals surface area (Å²) in [5, 5.41) is 0. The number of hydrogen-bond acceptors (Lipinski definition) is 5. The SMILES string of the molecule is CN1CCN(C(=O)c2ccc([C@@H]3CCCN3C(=O)CN3CCCCCC3=O)nc2)CC1. The summed E-state index contributed by atoms with van der Waals surface area (Å²) < 4.78 is 0. The number of piperazine rings is 1. The summed E-state index contributed by atoms with van der Waals surface area (Å²) in [7, 11) is 2.07. The number of carbonyl (C=O) groups excluding carboxylic acids is 3. The van der Waals surface area contributed by atoms with Crippen molar-refractivity contribution in [2.24, 2.45) is 0 Å². The van der Waals surface area contributed by atoms with Crippen LogP contribution in [-0.2, 0) is 9.59 Å². The van der Waals surface area contributed by atoms with Crippen LogP contribution in [-0.4, -0.2) is 95.2 Å². The van der Waals surface area contributed by atoms with Crippen molar-refractivity contribution >= 4 is 17.7 Å². The molecule has 3 aliphatic heterocycles. The van der Waals surface area contributed by atoms with Gasteiger partial charge in [-0.3, -0.25) is 19.4 Å². The Hall–Kier alpha value is -2.48. The number of likely N-dealkylation sites (tertiary alicyclic amines) is 2. The maximum absolute atomic E-state index is 13.0. The Morgan fingerprint density at radius 1 is 1.00 bits per heavy atom. The van der Waals surface area contributed by atoms with Crippen molar-refractivity contribution in [3.05, 3.63) is 29.6 Å². The second kappa shape index (κ2) is 9.77. The number of carbonyl (C=O) groups is 3. The highest BCUT2D eigenvalue weighted by Crippen LogP contribution is 2.31. The Kier molecular flexibility index (Phi) is 6.85. The molecule has 0 aromatic carbocycles. The molecule has 1 atom stereocenters. The van der Waals surface area contributed by atoms with Crippen LogP contribution in [0.15, 0.2) is 18.3 Å². The Morgan fingerprint density at radius 3 is 2.55 bits per heavy atom. The minimum Gasteiger partial charge on any atom is -0.336 e. The average Bonchev–Trinajstić information content (AvgIpc) is 3.19. The van der Waals surface area contributed by atoms with Crippen molar-refractivity contribution in [1.29, 1.82) is 0 Å². The normalized spacial score (nSPS) is 23.2. The van der Waals surface area contributed by atoms with Crippen molar-refractivity contribution in [3.8, 4) is 0 Å². The van der Waals surface area contributed by atoms with E-state index >= 15 is 0 Å². The maximum Gasteiger partial charge on any atom is 0.255 e. The Bertz CT molecular complexity index is 804. The molecule has 0 radical (unpaired) electrons. The van der Waals surface area contributed by atoms with Crippen LogP contribution < -0.4 is 0 Å². The van der Waals surface area contributed by atoms with E-state index in [1.54, 1.807) is 11.1 Å². The third kappa shape index (κ3) is 5.06. The van der Waals surface area contributed by atoms with Crippen LogP contribution in [0.25, 0.3) is 0 Å². The van der Waals surface area contributed by atoms with Gasteiger partial charge in [0.05, 0.1) is 23.8 Å². The van der Waals surface area contributed by atoms with Gasteiger partial charge in [-0.2, -0.15) is 0 Å². The first-order valence-corrected chi connectivity index (χ1v) is 11.5. The van der Waals surface area contributed by atoms with Gasteiger partial charge >= 0.3 is 0 Å². The van der Waals surface area contributed by atoms with E-state index < -0.39 is 0 Å². The highest BCUT2D eigenvalue weighted by molar-refractivity contribution is 5.94. The summed E-state index contributed by atoms with van der Waals surface area (Å²) >= 11 is 0. The van der Waals surface area contributed by atoms with Crippen LogP contribution in [0.4, 0.5) is 0 Å². The van der Waals surface area contributed by atoms with Gasteiger partial charge in [0.2, 0.25) is 11.8 Å². The topological polar surface area (TPSA) is 77.1 Å². The number of nitrogens with zero attached hydrogens (tertiary/aromatic N) is 5. The number of likely N-dealkylation sites (N-methyl/N-ethyl adjacent to an activating group) is 1. The van der Waals surface area contributed by atoms with E-state index in [9.17, 15) is 14.4 Å². The summed E-state index contributed by atoms with van der Waals surface area (Å²) in [6.07, 6.45) is 6.90. The van der Waals surface area contributed by atoms with E-state index in [0.29, 0.717) is 25.1 Å². The van der Waals surface area contributed by atoms with Gasteiger partial charge in [-0.15, -0.1) is 0 Å². The highest BCUT2D eigenvalue weighted by Gasteiger charge is 2.33. The quantitative estimate of drug-likeness (QED) is 0.728. The second-order valence-electron chi connectivity index (χ2n) is 8.94. The molecule has 1 aromatic rings. The molecular weight excluding hydrogens is 394 g/mol. The predicted octanol–water partition coefficient (Wildman–Crippen LogP) is 1.54. The lowest BCUT2D eigenvalue weighted by atomic mass is 10.1. The van der Waals surface area contributed by atoms with Crippen molar-refractivity contribution in [3.63, 3.8) is 0 Å². The molecular formula is C23H33N5O3. The molecule has 0 bridgehead atoms. The first kappa shape index (κ1) is 21.7. The number of pyridine rings is 1. The smallest absolute Gasteiger partial charge is 0.255 e. The minimum absolute atomic E-state index is 0.00265. The maximum atomic E-state index is 13.0. The number of amides is 3. The summed E-state index contributed by atoms with van der Waals surface area (Å²) in [5.41, 5.74) is 1.42. The molecule has 0 spiro atoms. The standard InChI is InChI=1S/C23H33N5O3/c1-25-12-14-26(15-13-25)23(31)18-8-9-19(24-16-18)20-6-5-11-28(20)22(30)17-27-10-4-2-3-7-21(27)29/h8-9,16,20H,2-7,10-15,17H2,1H3/t20-/m0/s1. The van der Waals surface area contributed by atoms with Crippen LogP contribution in [0.1, 0.15) is 60.6 Å². The van der Waals surface area contributed by atoms with Gasteiger partial charge in [0, 0.05) is 51.9 Å². The van der Waals surface area contributed by atoms with E-state index in [2.05, 4.69) is 16.9 Å². The molecule has 3 fully saturated rings. The lowest BCUT2D eigenvalue weighted by Crippen LogP contribution is -2.47. The Morgan fingerprint density at radius 2 is 1.81 bits per heavy atom. The molecule has 168 valence electrons. The zero-order valence-corrected chi connectivity index (χ0v) is 18.5. The van der Waals surface area contributed by atoms with Crippen molar-refractivity contribution < 1.29 is 14.4 Å². The van der Waals surface area contributed by atoms with Crippen LogP contribution in [0, 0.1) is 0 Å². The van der Waals surface area contributed by atoms with Gasteiger partial charge in [0.25, 0.3) is 5.91 Å². The molecule has 8 nitrogen and oxygen atoms in total. The second-order valence-corrected chi connectivity index (χ2v) is 8.94. The van der Waals surface area contributed by atoms with Crippen LogP contribution in [0.5, 0.6) is 0 Å². The van der Waals surface area contributed by atoms with Crippen molar-refractivity contribution in [2.75, 3.05) is 52.9 Å². The third-order valence-electron chi connectivity index (χ3n) is 6.74. The molecule has 8 heteroatoms. The van der Waals surface area contributed by atoms with Crippen molar-refractivity contribution in [2.45, 2.75) is 44.6 Å². The minimum atomic E-state index is -0.0811. The van der Waals surface area contributed by atoms with Gasteiger partial charge in [0.1, 0.15) is 0 Å². The Balaban J connectivity index is 1.39. The molecule has 0 unspecified atom stereocenters.